The van der Waals surface area contributed by atoms with Gasteiger partial charge in [-0.3, -0.25) is 4.90 Å². The first-order valence-corrected chi connectivity index (χ1v) is 27.8. The van der Waals surface area contributed by atoms with E-state index in [1.54, 1.807) is 11.0 Å². The molecule has 4 aliphatic rings. The van der Waals surface area contributed by atoms with E-state index in [1.807, 2.05) is 69.3 Å². The van der Waals surface area contributed by atoms with Gasteiger partial charge in [0.15, 0.2) is 11.5 Å². The largest absolute Gasteiger partial charge is 0.459 e. The molecule has 0 aromatic heterocycles. The topological polar surface area (TPSA) is 138 Å². The van der Waals surface area contributed by atoms with Crippen molar-refractivity contribution in [1.29, 1.82) is 0 Å². The molecule has 0 bridgehead atoms. The Morgan fingerprint density at radius 1 is 0.797 bits per heavy atom. The number of oxime groups is 1. The fourth-order valence-corrected chi connectivity index (χ4v) is 11.6. The molecule has 0 saturated heterocycles. The maximum atomic E-state index is 15.3. The number of hydrogen-bond acceptors (Lipinski definition) is 11. The molecule has 0 unspecified atom stereocenters. The minimum absolute atomic E-state index is 0.0356. The molecule has 2 N–H and O–H groups in total. The van der Waals surface area contributed by atoms with Gasteiger partial charge in [-0.25, -0.2) is 4.79 Å². The first-order chi connectivity index (χ1) is 36.0. The van der Waals surface area contributed by atoms with Crippen LogP contribution in [0, 0.1) is 17.8 Å². The van der Waals surface area contributed by atoms with E-state index in [-0.39, 0.29) is 63.9 Å². The van der Waals surface area contributed by atoms with E-state index in [0.29, 0.717) is 41.6 Å². The van der Waals surface area contributed by atoms with Gasteiger partial charge in [-0.2, -0.15) is 0 Å². The lowest BCUT2D eigenvalue weighted by molar-refractivity contribution is -0.256. The van der Waals surface area contributed by atoms with Gasteiger partial charge in [0.25, 0.3) is 0 Å². The number of rotatable bonds is 28. The lowest BCUT2D eigenvalue weighted by Crippen LogP contribution is -2.70. The highest BCUT2D eigenvalue weighted by molar-refractivity contribution is 6.03. The summed E-state index contributed by atoms with van der Waals surface area (Å²) in [5.41, 5.74) is 2.85. The van der Waals surface area contributed by atoms with Crippen molar-refractivity contribution in [2.75, 3.05) is 33.2 Å². The van der Waals surface area contributed by atoms with Crippen LogP contribution in [0.3, 0.4) is 0 Å². The molecular formula is C62H82N2O10. The average Bonchev–Trinajstić information content (AvgIpc) is 3.87. The Bertz CT molecular complexity index is 2530. The summed E-state index contributed by atoms with van der Waals surface area (Å²) < 4.78 is 39.5. The molecule has 2 aliphatic carbocycles. The van der Waals surface area contributed by atoms with E-state index < -0.39 is 29.4 Å². The number of amides is 1. The van der Waals surface area contributed by atoms with Crippen LogP contribution >= 0.6 is 0 Å². The van der Waals surface area contributed by atoms with Crippen LogP contribution in [-0.4, -0.2) is 77.6 Å². The third kappa shape index (κ3) is 13.5. The van der Waals surface area contributed by atoms with Crippen LogP contribution in [0.5, 0.6) is 28.7 Å². The van der Waals surface area contributed by atoms with Crippen LogP contribution < -0.4 is 18.9 Å². The Labute approximate surface area is 440 Å². The molecule has 2 aliphatic heterocycles. The molecule has 1 amide bonds. The lowest BCUT2D eigenvalue weighted by Gasteiger charge is -2.60. The molecule has 400 valence electrons. The van der Waals surface area contributed by atoms with Crippen LogP contribution in [0.2, 0.25) is 0 Å². The van der Waals surface area contributed by atoms with Crippen molar-refractivity contribution in [1.82, 2.24) is 4.90 Å². The number of nitrogens with zero attached hydrogens (tertiary/aromatic N) is 2. The van der Waals surface area contributed by atoms with E-state index in [2.05, 4.69) is 49.9 Å². The molecule has 1 saturated carbocycles. The molecule has 12 heteroatoms. The van der Waals surface area contributed by atoms with Crippen molar-refractivity contribution in [3.8, 4) is 28.7 Å². The van der Waals surface area contributed by atoms with Crippen molar-refractivity contribution in [3.63, 3.8) is 0 Å². The minimum atomic E-state index is -1.48. The van der Waals surface area contributed by atoms with E-state index in [0.717, 1.165) is 78.2 Å². The van der Waals surface area contributed by atoms with Crippen LogP contribution in [0.15, 0.2) is 108 Å². The van der Waals surface area contributed by atoms with Gasteiger partial charge in [0.2, 0.25) is 12.6 Å². The Morgan fingerprint density at radius 3 is 2.23 bits per heavy atom. The Morgan fingerprint density at radius 2 is 1.49 bits per heavy atom. The zero-order valence-corrected chi connectivity index (χ0v) is 44.6. The SMILES string of the molecule is C=CCO[C@@]12Oc3ccc(Oc4ccc5ccccc5c4)cc3[C@H]3[C@H](CCCCO)[C@@H](CCCCO)C=C(C(=NOC(C)(C)C)C[C@@H]1N(Cc1ccc4c(c1)OCO4)C(=O)OCCCCCCCCCCCC)[C@H]32. The summed E-state index contributed by atoms with van der Waals surface area (Å²) in [6, 6.07) is 25.4. The maximum Gasteiger partial charge on any atom is 0.410 e. The molecule has 2 heterocycles. The van der Waals surface area contributed by atoms with Gasteiger partial charge in [-0.05, 0) is 129 Å². The Hall–Kier alpha value is -5.56. The monoisotopic (exact) mass is 1010 g/mol. The first-order valence-electron chi connectivity index (χ1n) is 27.8. The Kier molecular flexibility index (Phi) is 19.4. The summed E-state index contributed by atoms with van der Waals surface area (Å²) in [7, 11) is 0. The zero-order chi connectivity index (χ0) is 51.9. The molecule has 74 heavy (non-hydrogen) atoms. The normalized spacial score (nSPS) is 22.1. The molecular weight excluding hydrogens is 933 g/mol. The van der Waals surface area contributed by atoms with E-state index in [1.165, 1.54) is 44.9 Å². The summed E-state index contributed by atoms with van der Waals surface area (Å²) in [4.78, 5) is 23.4. The van der Waals surface area contributed by atoms with Crippen molar-refractivity contribution >= 4 is 22.6 Å². The van der Waals surface area contributed by atoms with Crippen molar-refractivity contribution < 1.29 is 48.3 Å². The number of allylic oxidation sites excluding steroid dienone is 1. The number of ether oxygens (including phenoxy) is 6. The van der Waals surface area contributed by atoms with Crippen molar-refractivity contribution in [2.45, 2.75) is 167 Å². The summed E-state index contributed by atoms with van der Waals surface area (Å²) >= 11 is 0. The molecule has 8 rings (SSSR count). The van der Waals surface area contributed by atoms with Crippen molar-refractivity contribution in [3.05, 3.63) is 114 Å². The molecule has 4 aromatic carbocycles. The molecule has 12 nitrogen and oxygen atoms in total. The predicted octanol–water partition coefficient (Wildman–Crippen LogP) is 14.4. The second kappa shape index (κ2) is 26.3. The first kappa shape index (κ1) is 54.7. The van der Waals surface area contributed by atoms with Gasteiger partial charge in [0, 0.05) is 37.7 Å². The highest BCUT2D eigenvalue weighted by Crippen LogP contribution is 2.62. The molecule has 0 spiro atoms. The third-order valence-electron chi connectivity index (χ3n) is 15.2. The number of fused-ring (bicyclic) bond motifs is 4. The minimum Gasteiger partial charge on any atom is -0.459 e. The van der Waals surface area contributed by atoms with E-state index in [9.17, 15) is 10.2 Å². The van der Waals surface area contributed by atoms with Gasteiger partial charge in [0.1, 0.15) is 28.9 Å². The summed E-state index contributed by atoms with van der Waals surface area (Å²) in [5, 5.41) is 27.5. The fraction of sp³-hybridized carbons (Fsp3) is 0.548. The maximum absolute atomic E-state index is 15.3. The number of benzene rings is 4. The summed E-state index contributed by atoms with van der Waals surface area (Å²) in [5.74, 6) is 1.18. The van der Waals surface area contributed by atoms with Gasteiger partial charge >= 0.3 is 6.09 Å². The number of hydrogen-bond donors (Lipinski definition) is 2. The van der Waals surface area contributed by atoms with Crippen LogP contribution in [0.1, 0.15) is 154 Å². The zero-order valence-electron chi connectivity index (χ0n) is 44.6. The quantitative estimate of drug-likeness (QED) is 0.0321. The molecule has 0 radical (unpaired) electrons. The standard InChI is InChI=1S/C62H82N2O10/c1-6-8-9-10-11-12-13-14-15-22-36-68-60(67)64(42-44-27-31-55-56(37-44)70-43-69-55)57-41-53(63-74-61(3,4)5)51-39-47(25-18-20-33-65)50(26-19-21-34-66)58-52-40-49(72-48-29-28-45-23-16-17-24-46(45)38-48)30-32-54(52)73-62(57,59(51)58)71-35-7-2/h7,16-17,23-24,27-32,37-40,47,50,57-59,65-66H,2,6,8-15,18-22,25-26,33-36,41-43H2,1,3-5H3/t47-,50+,57-,58+,59+,62+/m0/s1. The number of unbranched alkanes of at least 4 members (excludes halogenated alkanes) is 11. The molecule has 6 atom stereocenters. The summed E-state index contributed by atoms with van der Waals surface area (Å²) in [6.07, 6.45) is 20.1. The second-order valence-corrected chi connectivity index (χ2v) is 21.7. The van der Waals surface area contributed by atoms with E-state index in [4.69, 9.17) is 38.4 Å². The van der Waals surface area contributed by atoms with Gasteiger partial charge < -0.3 is 43.5 Å². The number of carbonyl (C=O) groups excluding carboxylic acids is 1. The van der Waals surface area contributed by atoms with Crippen LogP contribution in [0.4, 0.5) is 4.79 Å². The van der Waals surface area contributed by atoms with Gasteiger partial charge in [-0.15, -0.1) is 6.58 Å². The number of aliphatic hydroxyl groups excluding tert-OH is 2. The Balaban J connectivity index is 1.23. The smallest absolute Gasteiger partial charge is 0.410 e. The average molecular weight is 1020 g/mol. The summed E-state index contributed by atoms with van der Waals surface area (Å²) in [6.45, 7) is 13.2. The van der Waals surface area contributed by atoms with E-state index >= 15 is 4.79 Å². The predicted molar refractivity (Wildman–Crippen MR) is 291 cm³/mol. The highest BCUT2D eigenvalue weighted by Gasteiger charge is 2.66. The van der Waals surface area contributed by atoms with Crippen molar-refractivity contribution in [2.24, 2.45) is 22.9 Å². The van der Waals surface area contributed by atoms with Gasteiger partial charge in [0.05, 0.1) is 24.8 Å². The van der Waals surface area contributed by atoms with Gasteiger partial charge in [-0.1, -0.05) is 131 Å². The van der Waals surface area contributed by atoms with Crippen LogP contribution in [0.25, 0.3) is 10.8 Å². The van der Waals surface area contributed by atoms with Crippen LogP contribution in [-0.2, 0) is 20.9 Å². The molecule has 1 fully saturated rings. The number of carbonyl (C=O) groups is 1. The highest BCUT2D eigenvalue weighted by atomic mass is 16.7. The third-order valence-corrected chi connectivity index (χ3v) is 15.2. The molecule has 4 aromatic rings. The lowest BCUT2D eigenvalue weighted by atomic mass is 9.55. The number of aliphatic hydroxyl groups is 2. The second-order valence-electron chi connectivity index (χ2n) is 21.7. The fourth-order valence-electron chi connectivity index (χ4n) is 11.6.